The summed E-state index contributed by atoms with van der Waals surface area (Å²) in [5, 5.41) is 3.13. The second kappa shape index (κ2) is 7.21. The van der Waals surface area contributed by atoms with Crippen molar-refractivity contribution in [1.82, 2.24) is 10.0 Å². The molecule has 0 aliphatic carbocycles. The number of rotatable bonds is 5. The summed E-state index contributed by atoms with van der Waals surface area (Å²) in [6.45, 7) is 1.96. The van der Waals surface area contributed by atoms with E-state index >= 15 is 0 Å². The predicted molar refractivity (Wildman–Crippen MR) is 76.0 cm³/mol. The largest absolute Gasteiger partial charge is 0.380 e. The fraction of sp³-hybridized carbons (Fsp3) is 0.500. The molecule has 1 aromatic carbocycles. The minimum atomic E-state index is -3.43. The Labute approximate surface area is 120 Å². The lowest BCUT2D eigenvalue weighted by molar-refractivity contribution is 0.184. The van der Waals surface area contributed by atoms with Gasteiger partial charge in [0.05, 0.1) is 11.5 Å². The molecule has 0 aromatic heterocycles. The third-order valence-corrected chi connectivity index (χ3v) is 4.42. The molecular weight excluding hydrogens is 288 g/mol. The monoisotopic (exact) mass is 306 g/mol. The molecule has 108 valence electrons. The van der Waals surface area contributed by atoms with Crippen LogP contribution in [0.25, 0.3) is 0 Å². The van der Waals surface area contributed by atoms with Gasteiger partial charge in [-0.15, -0.1) is 12.4 Å². The van der Waals surface area contributed by atoms with Gasteiger partial charge >= 0.3 is 0 Å². The lowest BCUT2D eigenvalue weighted by atomic mass is 10.2. The van der Waals surface area contributed by atoms with Crippen molar-refractivity contribution in [3.63, 3.8) is 0 Å². The van der Waals surface area contributed by atoms with Gasteiger partial charge in [0.25, 0.3) is 0 Å². The third kappa shape index (κ3) is 4.43. The summed E-state index contributed by atoms with van der Waals surface area (Å²) in [6, 6.07) is 6.81. The van der Waals surface area contributed by atoms with Gasteiger partial charge in [-0.25, -0.2) is 13.1 Å². The van der Waals surface area contributed by atoms with Crippen LogP contribution < -0.4 is 10.0 Å². The van der Waals surface area contributed by atoms with Crippen LogP contribution in [0.5, 0.6) is 0 Å². The van der Waals surface area contributed by atoms with Crippen molar-refractivity contribution < 1.29 is 13.2 Å². The van der Waals surface area contributed by atoms with Gasteiger partial charge in [-0.1, -0.05) is 12.1 Å². The lowest BCUT2D eigenvalue weighted by Gasteiger charge is -2.12. The highest BCUT2D eigenvalue weighted by Gasteiger charge is 2.22. The fourth-order valence-corrected chi connectivity index (χ4v) is 3.35. The van der Waals surface area contributed by atoms with Crippen molar-refractivity contribution in [2.45, 2.75) is 24.0 Å². The molecular formula is C12H19ClN2O3S. The van der Waals surface area contributed by atoms with E-state index in [0.29, 0.717) is 18.0 Å². The molecule has 1 aromatic rings. The topological polar surface area (TPSA) is 67.4 Å². The number of benzene rings is 1. The van der Waals surface area contributed by atoms with Gasteiger partial charge in [-0.3, -0.25) is 0 Å². The van der Waals surface area contributed by atoms with Crippen molar-refractivity contribution in [2.24, 2.45) is 0 Å². The normalized spacial score (nSPS) is 19.1. The van der Waals surface area contributed by atoms with Gasteiger partial charge in [-0.05, 0) is 30.7 Å². The Kier molecular flexibility index (Phi) is 6.22. The van der Waals surface area contributed by atoms with Crippen LogP contribution in [0.4, 0.5) is 0 Å². The molecule has 1 aliphatic rings. The van der Waals surface area contributed by atoms with E-state index in [2.05, 4.69) is 10.0 Å². The zero-order valence-corrected chi connectivity index (χ0v) is 12.4. The second-order valence-corrected chi connectivity index (χ2v) is 6.11. The molecule has 1 atom stereocenters. The molecule has 0 radical (unpaired) electrons. The quantitative estimate of drug-likeness (QED) is 0.848. The van der Waals surface area contributed by atoms with Gasteiger partial charge in [-0.2, -0.15) is 0 Å². The van der Waals surface area contributed by atoms with Crippen molar-refractivity contribution >= 4 is 22.4 Å². The molecule has 1 heterocycles. The number of sulfonamides is 1. The van der Waals surface area contributed by atoms with Crippen LogP contribution in [0.1, 0.15) is 12.0 Å². The Morgan fingerprint density at radius 2 is 2.26 bits per heavy atom. The standard InChI is InChI=1S/C12H18N2O3S.ClH/c1-17-9-10-3-2-4-12(7-10)18(15,16)14-11-5-6-13-8-11;/h2-4,7,11,13-14H,5-6,8-9H2,1H3;1H. The first kappa shape index (κ1) is 16.4. The van der Waals surface area contributed by atoms with Crippen molar-refractivity contribution in [3.8, 4) is 0 Å². The maximum absolute atomic E-state index is 12.2. The van der Waals surface area contributed by atoms with E-state index in [1.165, 1.54) is 0 Å². The van der Waals surface area contributed by atoms with E-state index in [1.54, 1.807) is 25.3 Å². The Bertz CT molecular complexity index is 501. The van der Waals surface area contributed by atoms with Crippen LogP contribution in [0, 0.1) is 0 Å². The highest BCUT2D eigenvalue weighted by atomic mass is 35.5. The molecule has 1 aliphatic heterocycles. The Balaban J connectivity index is 0.00000180. The Morgan fingerprint density at radius 1 is 1.47 bits per heavy atom. The summed E-state index contributed by atoms with van der Waals surface area (Å²) < 4.78 is 32.0. The van der Waals surface area contributed by atoms with Crippen molar-refractivity contribution in [3.05, 3.63) is 29.8 Å². The summed E-state index contributed by atoms with van der Waals surface area (Å²) in [5.74, 6) is 0. The predicted octanol–water partition coefficient (Wildman–Crippen LogP) is 0.895. The van der Waals surface area contributed by atoms with Gasteiger partial charge in [0.15, 0.2) is 0 Å². The second-order valence-electron chi connectivity index (χ2n) is 4.39. The molecule has 5 nitrogen and oxygen atoms in total. The average Bonchev–Trinajstić information content (AvgIpc) is 2.82. The van der Waals surface area contributed by atoms with Gasteiger partial charge in [0.2, 0.25) is 10.0 Å². The molecule has 0 amide bonds. The molecule has 0 bridgehead atoms. The number of halogens is 1. The van der Waals surface area contributed by atoms with Crippen LogP contribution in [0.15, 0.2) is 29.2 Å². The van der Waals surface area contributed by atoms with Crippen molar-refractivity contribution in [1.29, 1.82) is 0 Å². The first-order chi connectivity index (χ1) is 8.62. The SMILES string of the molecule is COCc1cccc(S(=O)(=O)NC2CCNC2)c1.Cl. The van der Waals surface area contributed by atoms with Gasteiger partial charge < -0.3 is 10.1 Å². The maximum Gasteiger partial charge on any atom is 0.240 e. The Morgan fingerprint density at radius 3 is 2.89 bits per heavy atom. The van der Waals surface area contributed by atoms with E-state index in [4.69, 9.17) is 4.74 Å². The zero-order chi connectivity index (χ0) is 13.0. The van der Waals surface area contributed by atoms with E-state index in [-0.39, 0.29) is 18.4 Å². The van der Waals surface area contributed by atoms with Crippen LogP contribution in [0.3, 0.4) is 0 Å². The number of methoxy groups -OCH3 is 1. The number of ether oxygens (including phenoxy) is 1. The molecule has 2 N–H and O–H groups in total. The minimum absolute atomic E-state index is 0. The van der Waals surface area contributed by atoms with Crippen molar-refractivity contribution in [2.75, 3.05) is 20.2 Å². The zero-order valence-electron chi connectivity index (χ0n) is 10.8. The first-order valence-corrected chi connectivity index (χ1v) is 7.41. The van der Waals surface area contributed by atoms with E-state index in [0.717, 1.165) is 18.5 Å². The average molecular weight is 307 g/mol. The number of nitrogens with one attached hydrogen (secondary N) is 2. The molecule has 1 unspecified atom stereocenters. The smallest absolute Gasteiger partial charge is 0.240 e. The van der Waals surface area contributed by atoms with Crippen LogP contribution in [-0.4, -0.2) is 34.7 Å². The van der Waals surface area contributed by atoms with E-state index in [1.807, 2.05) is 6.07 Å². The third-order valence-electron chi connectivity index (χ3n) is 2.90. The minimum Gasteiger partial charge on any atom is -0.380 e. The molecule has 0 spiro atoms. The van der Waals surface area contributed by atoms with Gasteiger partial charge in [0, 0.05) is 19.7 Å². The number of hydrogen-bond acceptors (Lipinski definition) is 4. The van der Waals surface area contributed by atoms with E-state index in [9.17, 15) is 8.42 Å². The summed E-state index contributed by atoms with van der Waals surface area (Å²) in [6.07, 6.45) is 0.830. The van der Waals surface area contributed by atoms with Crippen LogP contribution >= 0.6 is 12.4 Å². The summed E-state index contributed by atoms with van der Waals surface area (Å²) >= 11 is 0. The van der Waals surface area contributed by atoms with Crippen LogP contribution in [-0.2, 0) is 21.4 Å². The van der Waals surface area contributed by atoms with E-state index < -0.39 is 10.0 Å². The first-order valence-electron chi connectivity index (χ1n) is 5.93. The highest BCUT2D eigenvalue weighted by molar-refractivity contribution is 7.89. The molecule has 1 fully saturated rings. The number of hydrogen-bond donors (Lipinski definition) is 2. The maximum atomic E-state index is 12.2. The summed E-state index contributed by atoms with van der Waals surface area (Å²) in [5.41, 5.74) is 0.852. The molecule has 1 saturated heterocycles. The lowest BCUT2D eigenvalue weighted by Crippen LogP contribution is -2.36. The summed E-state index contributed by atoms with van der Waals surface area (Å²) in [4.78, 5) is 0.295. The van der Waals surface area contributed by atoms with Gasteiger partial charge in [0.1, 0.15) is 0 Å². The molecule has 2 rings (SSSR count). The fourth-order valence-electron chi connectivity index (χ4n) is 2.01. The molecule has 0 saturated carbocycles. The summed E-state index contributed by atoms with van der Waals surface area (Å²) in [7, 11) is -1.84. The molecule has 7 heteroatoms. The molecule has 19 heavy (non-hydrogen) atoms. The highest BCUT2D eigenvalue weighted by Crippen LogP contribution is 2.13. The Hall–Kier alpha value is -0.660. The van der Waals surface area contributed by atoms with Crippen LogP contribution in [0.2, 0.25) is 0 Å².